The van der Waals surface area contributed by atoms with Gasteiger partial charge in [-0.1, -0.05) is 5.16 Å². The number of rotatable bonds is 7. The lowest BCUT2D eigenvalue weighted by Crippen LogP contribution is -2.47. The number of nitrogens with zero attached hydrogens (tertiary/aromatic N) is 5. The molecule has 0 aliphatic carbocycles. The first kappa shape index (κ1) is 23.7. The summed E-state index contributed by atoms with van der Waals surface area (Å²) in [6, 6.07) is 6.30. The first-order valence-corrected chi connectivity index (χ1v) is 12.3. The largest absolute Gasteiger partial charge is 0.433 e. The van der Waals surface area contributed by atoms with Crippen LogP contribution in [0.4, 0.5) is 19.0 Å². The molecule has 0 unspecified atom stereocenters. The first-order chi connectivity index (χ1) is 16.9. The Balaban J connectivity index is 1.24. The summed E-state index contributed by atoms with van der Waals surface area (Å²) in [6.45, 7) is 7.84. The standard InChI is InChI=1S/C24H25F3N6OS/c1-16-12-18(31-34-16)14-33-9-7-32(8-10-33)6-5-28-23-19-2-3-21(24(25,26)27)30-22(19)20(13-29-23)17-4-11-35-15-17/h2-4,11-13,15H,5-10,14H2,1H3,(H,28,29). The highest BCUT2D eigenvalue weighted by Crippen LogP contribution is 2.35. The molecule has 184 valence electrons. The van der Waals surface area contributed by atoms with E-state index in [-0.39, 0.29) is 0 Å². The van der Waals surface area contributed by atoms with E-state index in [4.69, 9.17) is 4.52 Å². The summed E-state index contributed by atoms with van der Waals surface area (Å²) >= 11 is 1.48. The SMILES string of the molecule is Cc1cc(CN2CCN(CCNc3ncc(-c4ccsc4)c4nc(C(F)(F)F)ccc34)CC2)no1. The molecule has 11 heteroatoms. The molecule has 0 amide bonds. The van der Waals surface area contributed by atoms with Crippen LogP contribution in [-0.4, -0.2) is 64.2 Å². The second-order valence-electron chi connectivity index (χ2n) is 8.60. The summed E-state index contributed by atoms with van der Waals surface area (Å²) in [6.07, 6.45) is -2.91. The molecule has 7 nitrogen and oxygen atoms in total. The number of pyridine rings is 2. The summed E-state index contributed by atoms with van der Waals surface area (Å²) in [5.41, 5.74) is 1.74. The molecule has 0 spiro atoms. The van der Waals surface area contributed by atoms with Crippen molar-refractivity contribution in [2.24, 2.45) is 0 Å². The number of halogens is 3. The maximum atomic E-state index is 13.3. The van der Waals surface area contributed by atoms with Gasteiger partial charge in [-0.2, -0.15) is 24.5 Å². The molecule has 1 N–H and O–H groups in total. The van der Waals surface area contributed by atoms with Crippen LogP contribution in [0, 0.1) is 6.92 Å². The molecule has 1 aliphatic heterocycles. The molecule has 35 heavy (non-hydrogen) atoms. The molecule has 0 bridgehead atoms. The monoisotopic (exact) mass is 502 g/mol. The van der Waals surface area contributed by atoms with E-state index in [9.17, 15) is 13.2 Å². The van der Waals surface area contributed by atoms with Crippen LogP contribution in [0.3, 0.4) is 0 Å². The minimum atomic E-state index is -4.51. The number of aromatic nitrogens is 3. The van der Waals surface area contributed by atoms with Gasteiger partial charge in [-0.25, -0.2) is 9.97 Å². The van der Waals surface area contributed by atoms with E-state index in [1.54, 1.807) is 6.20 Å². The normalized spacial score (nSPS) is 15.7. The van der Waals surface area contributed by atoms with Crippen LogP contribution in [0.15, 0.2) is 45.7 Å². The highest BCUT2D eigenvalue weighted by atomic mass is 32.1. The molecule has 0 aromatic carbocycles. The zero-order chi connectivity index (χ0) is 24.4. The molecule has 5 heterocycles. The predicted molar refractivity (Wildman–Crippen MR) is 129 cm³/mol. The fourth-order valence-electron chi connectivity index (χ4n) is 4.27. The van der Waals surface area contributed by atoms with Crippen molar-refractivity contribution in [3.8, 4) is 11.1 Å². The van der Waals surface area contributed by atoms with Gasteiger partial charge in [-0.15, -0.1) is 0 Å². The molecular formula is C24H25F3N6OS. The van der Waals surface area contributed by atoms with Crippen LogP contribution in [0.25, 0.3) is 22.0 Å². The van der Waals surface area contributed by atoms with E-state index in [2.05, 4.69) is 30.2 Å². The number of hydrogen-bond donors (Lipinski definition) is 1. The Labute approximate surface area is 204 Å². The maximum Gasteiger partial charge on any atom is 0.433 e. The summed E-state index contributed by atoms with van der Waals surface area (Å²) in [4.78, 5) is 13.2. The van der Waals surface area contributed by atoms with Crippen LogP contribution in [0.2, 0.25) is 0 Å². The Kier molecular flexibility index (Phi) is 6.72. The van der Waals surface area contributed by atoms with Gasteiger partial charge in [-0.3, -0.25) is 9.80 Å². The Bertz CT molecular complexity index is 1280. The lowest BCUT2D eigenvalue weighted by Gasteiger charge is -2.34. The maximum absolute atomic E-state index is 13.3. The van der Waals surface area contributed by atoms with Gasteiger partial charge in [0, 0.05) is 69.0 Å². The number of nitrogens with one attached hydrogen (secondary N) is 1. The van der Waals surface area contributed by atoms with Crippen molar-refractivity contribution in [1.82, 2.24) is 24.9 Å². The molecule has 1 fully saturated rings. The lowest BCUT2D eigenvalue weighted by molar-refractivity contribution is -0.140. The van der Waals surface area contributed by atoms with Crippen LogP contribution >= 0.6 is 11.3 Å². The Morgan fingerprint density at radius 2 is 1.91 bits per heavy atom. The van der Waals surface area contributed by atoms with E-state index in [1.807, 2.05) is 29.8 Å². The lowest BCUT2D eigenvalue weighted by atomic mass is 10.1. The number of fused-ring (bicyclic) bond motifs is 1. The number of anilines is 1. The van der Waals surface area contributed by atoms with Gasteiger partial charge in [0.2, 0.25) is 0 Å². The van der Waals surface area contributed by atoms with Gasteiger partial charge in [-0.05, 0) is 41.4 Å². The van der Waals surface area contributed by atoms with Gasteiger partial charge in [0.1, 0.15) is 17.3 Å². The Morgan fingerprint density at radius 1 is 1.11 bits per heavy atom. The van der Waals surface area contributed by atoms with Crippen LogP contribution in [-0.2, 0) is 12.7 Å². The van der Waals surface area contributed by atoms with Gasteiger partial charge >= 0.3 is 6.18 Å². The van der Waals surface area contributed by atoms with Gasteiger partial charge < -0.3 is 9.84 Å². The summed E-state index contributed by atoms with van der Waals surface area (Å²) < 4.78 is 45.2. The van der Waals surface area contributed by atoms with Crippen LogP contribution in [0.5, 0.6) is 0 Å². The topological polar surface area (TPSA) is 70.3 Å². The molecule has 5 rings (SSSR count). The Hall–Kier alpha value is -3.02. The summed E-state index contributed by atoms with van der Waals surface area (Å²) in [7, 11) is 0. The smallest absolute Gasteiger partial charge is 0.368 e. The van der Waals surface area contributed by atoms with Crippen molar-refractivity contribution in [2.45, 2.75) is 19.6 Å². The highest BCUT2D eigenvalue weighted by Gasteiger charge is 2.33. The summed E-state index contributed by atoms with van der Waals surface area (Å²) in [5.74, 6) is 1.36. The second-order valence-corrected chi connectivity index (χ2v) is 9.38. The van der Waals surface area contributed by atoms with Crippen molar-refractivity contribution in [3.05, 3.63) is 58.4 Å². The average molecular weight is 503 g/mol. The number of hydrogen-bond acceptors (Lipinski definition) is 8. The van der Waals surface area contributed by atoms with Crippen molar-refractivity contribution >= 4 is 28.1 Å². The quantitative estimate of drug-likeness (QED) is 0.385. The minimum absolute atomic E-state index is 0.299. The number of aryl methyl sites for hydroxylation is 1. The molecule has 4 aromatic rings. The molecule has 1 saturated heterocycles. The zero-order valence-corrected chi connectivity index (χ0v) is 20.0. The minimum Gasteiger partial charge on any atom is -0.368 e. The number of alkyl halides is 3. The highest BCUT2D eigenvalue weighted by molar-refractivity contribution is 7.08. The third kappa shape index (κ3) is 5.47. The number of piperazine rings is 1. The molecule has 4 aromatic heterocycles. The molecule has 0 atom stereocenters. The van der Waals surface area contributed by atoms with Crippen LogP contribution in [0.1, 0.15) is 17.1 Å². The average Bonchev–Trinajstić information content (AvgIpc) is 3.51. The first-order valence-electron chi connectivity index (χ1n) is 11.4. The second kappa shape index (κ2) is 9.92. The number of thiophene rings is 1. The van der Waals surface area contributed by atoms with Gasteiger partial charge in [0.05, 0.1) is 11.2 Å². The fourth-order valence-corrected chi connectivity index (χ4v) is 4.92. The molecular weight excluding hydrogens is 477 g/mol. The van der Waals surface area contributed by atoms with Crippen molar-refractivity contribution in [2.75, 3.05) is 44.6 Å². The van der Waals surface area contributed by atoms with Crippen LogP contribution < -0.4 is 5.32 Å². The van der Waals surface area contributed by atoms with E-state index < -0.39 is 11.9 Å². The van der Waals surface area contributed by atoms with Crippen molar-refractivity contribution < 1.29 is 17.7 Å². The molecule has 0 radical (unpaired) electrons. The van der Waals surface area contributed by atoms with E-state index in [0.29, 0.717) is 28.8 Å². The third-order valence-corrected chi connectivity index (χ3v) is 6.78. The summed E-state index contributed by atoms with van der Waals surface area (Å²) in [5, 5.41) is 11.7. The van der Waals surface area contributed by atoms with Crippen molar-refractivity contribution in [3.63, 3.8) is 0 Å². The van der Waals surface area contributed by atoms with E-state index in [0.717, 1.165) is 62.4 Å². The fraction of sp³-hybridized carbons (Fsp3) is 0.375. The Morgan fingerprint density at radius 3 is 2.60 bits per heavy atom. The third-order valence-electron chi connectivity index (χ3n) is 6.10. The zero-order valence-electron chi connectivity index (χ0n) is 19.2. The molecule has 1 aliphatic rings. The van der Waals surface area contributed by atoms with Crippen molar-refractivity contribution in [1.29, 1.82) is 0 Å². The van der Waals surface area contributed by atoms with Gasteiger partial charge in [0.25, 0.3) is 0 Å². The van der Waals surface area contributed by atoms with Gasteiger partial charge in [0.15, 0.2) is 0 Å². The van der Waals surface area contributed by atoms with E-state index in [1.165, 1.54) is 17.4 Å². The predicted octanol–water partition coefficient (Wildman–Crippen LogP) is 4.90. The molecule has 0 saturated carbocycles. The van der Waals surface area contributed by atoms with E-state index >= 15 is 0 Å².